The van der Waals surface area contributed by atoms with Crippen LogP contribution in [0.3, 0.4) is 0 Å². The van der Waals surface area contributed by atoms with Gasteiger partial charge in [-0.1, -0.05) is 48.5 Å². The quantitative estimate of drug-likeness (QED) is 0.831. The van der Waals surface area contributed by atoms with E-state index in [-0.39, 0.29) is 18.6 Å². The van der Waals surface area contributed by atoms with E-state index in [0.29, 0.717) is 32.5 Å². The molecule has 0 aromatic heterocycles. The largest absolute Gasteiger partial charge is 0.480 e. The van der Waals surface area contributed by atoms with Gasteiger partial charge in [0, 0.05) is 19.0 Å². The molecule has 152 valence electrons. The smallest absolute Gasteiger partial charge is 0.409 e. The number of carboxylic acids is 1. The number of rotatable bonds is 5. The van der Waals surface area contributed by atoms with E-state index in [0.717, 1.165) is 0 Å². The van der Waals surface area contributed by atoms with Crippen LogP contribution in [0.2, 0.25) is 0 Å². The molecule has 0 unspecified atom stereocenters. The topological polar surface area (TPSA) is 76.1 Å². The highest BCUT2D eigenvalue weighted by molar-refractivity contribution is 5.79. The molecule has 1 saturated heterocycles. The van der Waals surface area contributed by atoms with Crippen molar-refractivity contribution in [2.75, 3.05) is 26.3 Å². The molecule has 2 aliphatic rings. The fourth-order valence-electron chi connectivity index (χ4n) is 4.23. The van der Waals surface area contributed by atoms with Crippen molar-refractivity contribution < 1.29 is 24.2 Å². The third kappa shape index (κ3) is 3.98. The lowest BCUT2D eigenvalue weighted by molar-refractivity contribution is -0.151. The lowest BCUT2D eigenvalue weighted by Crippen LogP contribution is -2.47. The Morgan fingerprint density at radius 2 is 1.59 bits per heavy atom. The molecule has 1 fully saturated rings. The van der Waals surface area contributed by atoms with Crippen LogP contribution in [0.1, 0.15) is 36.8 Å². The summed E-state index contributed by atoms with van der Waals surface area (Å²) in [6.07, 6.45) is 0.849. The second-order valence-corrected chi connectivity index (χ2v) is 7.92. The first-order valence-electron chi connectivity index (χ1n) is 9.92. The third-order valence-electron chi connectivity index (χ3n) is 5.96. The summed E-state index contributed by atoms with van der Waals surface area (Å²) < 4.78 is 11.2. The van der Waals surface area contributed by atoms with Gasteiger partial charge in [0.25, 0.3) is 0 Å². The molecule has 0 spiro atoms. The maximum absolute atomic E-state index is 12.6. The summed E-state index contributed by atoms with van der Waals surface area (Å²) in [6, 6.07) is 16.5. The van der Waals surface area contributed by atoms with Crippen molar-refractivity contribution >= 4 is 12.1 Å². The van der Waals surface area contributed by atoms with Gasteiger partial charge >= 0.3 is 12.1 Å². The Labute approximate surface area is 170 Å². The maximum Gasteiger partial charge on any atom is 0.409 e. The molecule has 2 aromatic carbocycles. The zero-order chi connectivity index (χ0) is 20.4. The van der Waals surface area contributed by atoms with Gasteiger partial charge < -0.3 is 19.5 Å². The number of piperidine rings is 1. The monoisotopic (exact) mass is 395 g/mol. The summed E-state index contributed by atoms with van der Waals surface area (Å²) in [7, 11) is 0. The van der Waals surface area contributed by atoms with Crippen LogP contribution >= 0.6 is 0 Å². The Kier molecular flexibility index (Phi) is 5.28. The molecule has 4 rings (SSSR count). The molecular weight excluding hydrogens is 370 g/mol. The van der Waals surface area contributed by atoms with Gasteiger partial charge in [-0.25, -0.2) is 9.59 Å². The second-order valence-electron chi connectivity index (χ2n) is 7.92. The highest BCUT2D eigenvalue weighted by atomic mass is 16.6. The van der Waals surface area contributed by atoms with Gasteiger partial charge in [0.1, 0.15) is 13.2 Å². The lowest BCUT2D eigenvalue weighted by Gasteiger charge is -2.38. The number of aliphatic carboxylic acids is 1. The molecule has 1 N–H and O–H groups in total. The van der Waals surface area contributed by atoms with Crippen molar-refractivity contribution in [2.24, 2.45) is 0 Å². The van der Waals surface area contributed by atoms with Crippen LogP contribution in [0.4, 0.5) is 4.79 Å². The predicted octanol–water partition coefficient (Wildman–Crippen LogP) is 3.89. The molecule has 0 atom stereocenters. The molecule has 0 radical (unpaired) electrons. The van der Waals surface area contributed by atoms with E-state index >= 15 is 0 Å². The number of carbonyl (C=O) groups is 2. The van der Waals surface area contributed by atoms with E-state index in [1.165, 1.54) is 22.3 Å². The van der Waals surface area contributed by atoms with Crippen molar-refractivity contribution in [1.29, 1.82) is 0 Å². The number of carboxylic acid groups (broad SMARTS) is 1. The molecule has 1 aliphatic heterocycles. The van der Waals surface area contributed by atoms with Crippen molar-refractivity contribution in [1.82, 2.24) is 4.90 Å². The summed E-state index contributed by atoms with van der Waals surface area (Å²) in [5.74, 6) is -0.939. The Bertz CT molecular complexity index is 871. The van der Waals surface area contributed by atoms with Crippen molar-refractivity contribution in [3.8, 4) is 11.1 Å². The fourth-order valence-corrected chi connectivity index (χ4v) is 4.23. The first-order valence-corrected chi connectivity index (χ1v) is 9.92. The van der Waals surface area contributed by atoms with Crippen LogP contribution in [0, 0.1) is 0 Å². The van der Waals surface area contributed by atoms with E-state index in [9.17, 15) is 9.59 Å². The van der Waals surface area contributed by atoms with E-state index < -0.39 is 11.6 Å². The van der Waals surface area contributed by atoms with Gasteiger partial charge in [-0.3, -0.25) is 0 Å². The molecule has 2 aromatic rings. The minimum absolute atomic E-state index is 0.0420. The predicted molar refractivity (Wildman–Crippen MR) is 108 cm³/mol. The molecule has 6 nitrogen and oxygen atoms in total. The van der Waals surface area contributed by atoms with Crippen LogP contribution in [0.15, 0.2) is 48.5 Å². The first-order chi connectivity index (χ1) is 14.0. The SMILES string of the molecule is CC1(OCC(=O)O)CCN(C(=O)OCC2c3ccccc3-c3ccccc32)CC1. The average Bonchev–Trinajstić information content (AvgIpc) is 3.05. The number of ether oxygens (including phenoxy) is 2. The minimum Gasteiger partial charge on any atom is -0.480 e. The highest BCUT2D eigenvalue weighted by Gasteiger charge is 2.35. The van der Waals surface area contributed by atoms with Gasteiger partial charge in [-0.2, -0.15) is 0 Å². The van der Waals surface area contributed by atoms with Crippen LogP contribution in [-0.2, 0) is 14.3 Å². The zero-order valence-electron chi connectivity index (χ0n) is 16.5. The molecule has 1 aliphatic carbocycles. The van der Waals surface area contributed by atoms with E-state index in [2.05, 4.69) is 24.3 Å². The Morgan fingerprint density at radius 1 is 1.03 bits per heavy atom. The molecule has 6 heteroatoms. The standard InChI is InChI=1S/C23H25NO5/c1-23(29-15-21(25)26)10-12-24(13-11-23)22(27)28-14-20-18-8-4-2-6-16(18)17-7-3-5-9-19(17)20/h2-9,20H,10-15H2,1H3,(H,25,26). The Hall–Kier alpha value is -2.86. The zero-order valence-corrected chi connectivity index (χ0v) is 16.5. The first kappa shape index (κ1) is 19.5. The summed E-state index contributed by atoms with van der Waals surface area (Å²) in [5.41, 5.74) is 4.27. The molecule has 29 heavy (non-hydrogen) atoms. The van der Waals surface area contributed by atoms with Crippen LogP contribution < -0.4 is 0 Å². The Morgan fingerprint density at radius 3 is 2.14 bits per heavy atom. The normalized spacial score (nSPS) is 17.5. The summed E-state index contributed by atoms with van der Waals surface area (Å²) >= 11 is 0. The van der Waals surface area contributed by atoms with Crippen molar-refractivity contribution in [3.05, 3.63) is 59.7 Å². The number of fused-ring (bicyclic) bond motifs is 3. The number of likely N-dealkylation sites (tertiary alicyclic amines) is 1. The van der Waals surface area contributed by atoms with Gasteiger partial charge in [0.2, 0.25) is 0 Å². The molecule has 0 saturated carbocycles. The van der Waals surface area contributed by atoms with E-state index in [1.54, 1.807) is 4.90 Å². The van der Waals surface area contributed by atoms with Gasteiger partial charge in [0.05, 0.1) is 5.60 Å². The Balaban J connectivity index is 1.37. The highest BCUT2D eigenvalue weighted by Crippen LogP contribution is 2.44. The van der Waals surface area contributed by atoms with Gasteiger partial charge in [0.15, 0.2) is 0 Å². The number of hydrogen-bond acceptors (Lipinski definition) is 4. The van der Waals surface area contributed by atoms with Gasteiger partial charge in [-0.15, -0.1) is 0 Å². The summed E-state index contributed by atoms with van der Waals surface area (Å²) in [4.78, 5) is 25.0. The number of amides is 1. The summed E-state index contributed by atoms with van der Waals surface area (Å²) in [5, 5.41) is 8.80. The van der Waals surface area contributed by atoms with E-state index in [4.69, 9.17) is 14.6 Å². The molecule has 1 heterocycles. The van der Waals surface area contributed by atoms with Crippen LogP contribution in [-0.4, -0.2) is 54.0 Å². The average molecular weight is 395 g/mol. The number of hydrogen-bond donors (Lipinski definition) is 1. The van der Waals surface area contributed by atoms with Crippen LogP contribution in [0.25, 0.3) is 11.1 Å². The maximum atomic E-state index is 12.6. The molecule has 0 bridgehead atoms. The minimum atomic E-state index is -0.981. The van der Waals surface area contributed by atoms with Gasteiger partial charge in [-0.05, 0) is 42.0 Å². The van der Waals surface area contributed by atoms with Crippen molar-refractivity contribution in [3.63, 3.8) is 0 Å². The number of benzene rings is 2. The second kappa shape index (κ2) is 7.87. The third-order valence-corrected chi connectivity index (χ3v) is 5.96. The van der Waals surface area contributed by atoms with E-state index in [1.807, 2.05) is 31.2 Å². The molecule has 1 amide bonds. The van der Waals surface area contributed by atoms with Crippen molar-refractivity contribution in [2.45, 2.75) is 31.3 Å². The summed E-state index contributed by atoms with van der Waals surface area (Å²) in [6.45, 7) is 2.86. The van der Waals surface area contributed by atoms with Crippen LogP contribution in [0.5, 0.6) is 0 Å². The lowest BCUT2D eigenvalue weighted by atomic mass is 9.93. The number of nitrogens with zero attached hydrogens (tertiary/aromatic N) is 1. The molecular formula is C23H25NO5. The fraction of sp³-hybridized carbons (Fsp3) is 0.391. The number of carbonyl (C=O) groups excluding carboxylic acids is 1.